The summed E-state index contributed by atoms with van der Waals surface area (Å²) in [6.45, 7) is 2.86. The highest BCUT2D eigenvalue weighted by Gasteiger charge is 2.51. The Balaban J connectivity index is 1.63. The van der Waals surface area contributed by atoms with Gasteiger partial charge in [0.25, 0.3) is 0 Å². The largest absolute Gasteiger partial charge is 0.394 e. The summed E-state index contributed by atoms with van der Waals surface area (Å²) in [5, 5.41) is 87.0. The predicted molar refractivity (Wildman–Crippen MR) is 286 cm³/mol. The number of aliphatic hydroxyl groups is 8. The van der Waals surface area contributed by atoms with E-state index in [9.17, 15) is 45.6 Å². The van der Waals surface area contributed by atoms with E-state index in [2.05, 4.69) is 19.2 Å². The Bertz CT molecular complexity index is 1220. The summed E-state index contributed by atoms with van der Waals surface area (Å²) >= 11 is 0. The first kappa shape index (κ1) is 67.1. The Hall–Kier alpha value is -1.01. The van der Waals surface area contributed by atoms with Crippen LogP contribution in [-0.4, -0.2) is 140 Å². The molecule has 0 spiro atoms. The molecule has 0 aromatic rings. The summed E-state index contributed by atoms with van der Waals surface area (Å²) in [5.74, 6) is -0.206. The van der Waals surface area contributed by atoms with Gasteiger partial charge in [0.2, 0.25) is 5.91 Å². The van der Waals surface area contributed by atoms with Gasteiger partial charge in [-0.15, -0.1) is 0 Å². The van der Waals surface area contributed by atoms with Crippen molar-refractivity contribution in [2.45, 2.75) is 344 Å². The molecule has 0 saturated carbocycles. The number of ether oxygens (including phenoxy) is 4. The minimum Gasteiger partial charge on any atom is -0.394 e. The lowest BCUT2D eigenvalue weighted by Gasteiger charge is -2.46. The van der Waals surface area contributed by atoms with Crippen LogP contribution in [0, 0.1) is 0 Å². The average Bonchev–Trinajstić information content (AvgIpc) is 3.38. The monoisotopic (exact) mass is 1030 g/mol. The van der Waals surface area contributed by atoms with Crippen LogP contribution in [0.5, 0.6) is 0 Å². The Morgan fingerprint density at radius 3 is 1.18 bits per heavy atom. The normalized spacial score (nSPS) is 25.5. The van der Waals surface area contributed by atoms with Crippen molar-refractivity contribution in [2.75, 3.05) is 19.8 Å². The molecule has 9 N–H and O–H groups in total. The molecular weight excluding hydrogens is 919 g/mol. The number of carbonyl (C=O) groups excluding carboxylic acids is 1. The van der Waals surface area contributed by atoms with Gasteiger partial charge in [0, 0.05) is 6.42 Å². The molecule has 14 heteroatoms. The van der Waals surface area contributed by atoms with Gasteiger partial charge in [-0.25, -0.2) is 0 Å². The standard InChI is InChI=1S/C58H113NO13/c1-3-5-7-9-11-13-14-15-16-17-18-19-20-21-22-23-24-25-26-27-28-29-30-31-32-34-35-37-39-41-47(62)46(59-50(63)42-40-38-36-33-12-10-8-6-4-2)45-69-57-55(68)53(66)56(49(44-61)71-57)72-58-54(67)52(65)51(64)48(43-60)70-58/h46-49,51-58,60-62,64-68H,3-45H2,1-2H3,(H,59,63). The smallest absolute Gasteiger partial charge is 0.220 e. The summed E-state index contributed by atoms with van der Waals surface area (Å²) in [6, 6.07) is -0.821. The van der Waals surface area contributed by atoms with Gasteiger partial charge in [0.05, 0.1) is 32.0 Å². The minimum atomic E-state index is -1.78. The minimum absolute atomic E-state index is 0.206. The SMILES string of the molecule is CCCCCCCCCCCCCCCCCCCCCCCCCCCCCCCC(O)C(COC1OC(CO)C(OC2OC(CO)C(O)C(O)C2O)C(O)C1O)NC(=O)CCCCCCCCCCC. The Morgan fingerprint density at radius 2 is 0.792 bits per heavy atom. The first-order valence-corrected chi connectivity index (χ1v) is 30.3. The topological polar surface area (TPSA) is 228 Å². The van der Waals surface area contributed by atoms with Crippen LogP contribution >= 0.6 is 0 Å². The molecule has 72 heavy (non-hydrogen) atoms. The van der Waals surface area contributed by atoms with Gasteiger partial charge in [-0.3, -0.25) is 4.79 Å². The second-order valence-corrected chi connectivity index (χ2v) is 21.8. The molecule has 12 atom stereocenters. The van der Waals surface area contributed by atoms with E-state index in [-0.39, 0.29) is 12.5 Å². The molecule has 14 nitrogen and oxygen atoms in total. The maximum atomic E-state index is 13.2. The number of unbranched alkanes of at least 4 members (excludes halogenated alkanes) is 36. The van der Waals surface area contributed by atoms with Crippen molar-refractivity contribution < 1.29 is 64.6 Å². The van der Waals surface area contributed by atoms with Crippen molar-refractivity contribution in [2.24, 2.45) is 0 Å². The van der Waals surface area contributed by atoms with E-state index in [1.807, 2.05) is 0 Å². The summed E-state index contributed by atoms with van der Waals surface area (Å²) < 4.78 is 22.8. The fourth-order valence-corrected chi connectivity index (χ4v) is 10.4. The average molecular weight is 1030 g/mol. The lowest BCUT2D eigenvalue weighted by Crippen LogP contribution is -2.65. The number of rotatable bonds is 49. The van der Waals surface area contributed by atoms with E-state index in [1.165, 1.54) is 193 Å². The molecule has 2 heterocycles. The van der Waals surface area contributed by atoms with E-state index in [4.69, 9.17) is 18.9 Å². The van der Waals surface area contributed by atoms with Crippen LogP contribution in [0.4, 0.5) is 0 Å². The van der Waals surface area contributed by atoms with Crippen LogP contribution in [0.15, 0.2) is 0 Å². The third-order valence-electron chi connectivity index (χ3n) is 15.3. The zero-order valence-electron chi connectivity index (χ0n) is 46.0. The highest BCUT2D eigenvalue weighted by molar-refractivity contribution is 5.76. The highest BCUT2D eigenvalue weighted by Crippen LogP contribution is 2.30. The molecule has 2 aliphatic rings. The van der Waals surface area contributed by atoms with Gasteiger partial charge in [-0.2, -0.15) is 0 Å². The fraction of sp³-hybridized carbons (Fsp3) is 0.983. The molecule has 428 valence electrons. The van der Waals surface area contributed by atoms with E-state index in [1.54, 1.807) is 0 Å². The molecule has 2 rings (SSSR count). The van der Waals surface area contributed by atoms with Crippen LogP contribution in [0.1, 0.15) is 271 Å². The molecule has 0 bridgehead atoms. The summed E-state index contributed by atoms with van der Waals surface area (Å²) in [7, 11) is 0. The van der Waals surface area contributed by atoms with Crippen LogP contribution in [-0.2, 0) is 23.7 Å². The van der Waals surface area contributed by atoms with Crippen LogP contribution < -0.4 is 5.32 Å². The Labute approximate surface area is 438 Å². The predicted octanol–water partition coefficient (Wildman–Crippen LogP) is 10.1. The lowest BCUT2D eigenvalue weighted by molar-refractivity contribution is -0.359. The van der Waals surface area contributed by atoms with Crippen molar-refractivity contribution >= 4 is 5.91 Å². The number of amides is 1. The molecule has 0 aliphatic carbocycles. The van der Waals surface area contributed by atoms with Crippen molar-refractivity contribution in [3.05, 3.63) is 0 Å². The van der Waals surface area contributed by atoms with E-state index in [0.717, 1.165) is 51.4 Å². The lowest BCUT2D eigenvalue weighted by atomic mass is 9.97. The van der Waals surface area contributed by atoms with Gasteiger partial charge in [-0.1, -0.05) is 251 Å². The van der Waals surface area contributed by atoms with Crippen molar-refractivity contribution in [1.29, 1.82) is 0 Å². The molecule has 0 aromatic carbocycles. The third kappa shape index (κ3) is 30.7. The van der Waals surface area contributed by atoms with Crippen LogP contribution in [0.25, 0.3) is 0 Å². The zero-order valence-corrected chi connectivity index (χ0v) is 46.0. The van der Waals surface area contributed by atoms with Crippen molar-refractivity contribution in [3.63, 3.8) is 0 Å². The molecule has 12 unspecified atom stereocenters. The van der Waals surface area contributed by atoms with Gasteiger partial charge in [0.15, 0.2) is 12.6 Å². The quantitative estimate of drug-likeness (QED) is 0.0259. The Morgan fingerprint density at radius 1 is 0.444 bits per heavy atom. The number of hydrogen-bond donors (Lipinski definition) is 9. The molecule has 2 fully saturated rings. The van der Waals surface area contributed by atoms with E-state index >= 15 is 0 Å². The van der Waals surface area contributed by atoms with Crippen molar-refractivity contribution in [3.8, 4) is 0 Å². The van der Waals surface area contributed by atoms with Crippen LogP contribution in [0.2, 0.25) is 0 Å². The number of nitrogens with one attached hydrogen (secondary N) is 1. The third-order valence-corrected chi connectivity index (χ3v) is 15.3. The number of hydrogen-bond acceptors (Lipinski definition) is 13. The van der Waals surface area contributed by atoms with Gasteiger partial charge >= 0.3 is 0 Å². The van der Waals surface area contributed by atoms with Gasteiger partial charge < -0.3 is 65.1 Å². The molecule has 1 amide bonds. The highest BCUT2D eigenvalue weighted by atomic mass is 16.7. The second-order valence-electron chi connectivity index (χ2n) is 21.8. The van der Waals surface area contributed by atoms with E-state index in [0.29, 0.717) is 12.8 Å². The molecular formula is C58H113NO13. The maximum absolute atomic E-state index is 13.2. The summed E-state index contributed by atoms with van der Waals surface area (Å²) in [6.07, 6.45) is 32.9. The first-order chi connectivity index (χ1) is 35.1. The molecule has 2 aliphatic heterocycles. The first-order valence-electron chi connectivity index (χ1n) is 30.3. The van der Waals surface area contributed by atoms with Crippen molar-refractivity contribution in [1.82, 2.24) is 5.32 Å². The number of carbonyl (C=O) groups is 1. The second kappa shape index (κ2) is 45.1. The van der Waals surface area contributed by atoms with Crippen LogP contribution in [0.3, 0.4) is 0 Å². The van der Waals surface area contributed by atoms with E-state index < -0.39 is 86.8 Å². The molecule has 0 radical (unpaired) electrons. The molecule has 2 saturated heterocycles. The Kier molecular flexibility index (Phi) is 42.0. The zero-order chi connectivity index (χ0) is 52.4. The number of aliphatic hydroxyl groups excluding tert-OH is 8. The summed E-state index contributed by atoms with van der Waals surface area (Å²) in [4.78, 5) is 13.2. The van der Waals surface area contributed by atoms with Gasteiger partial charge in [0.1, 0.15) is 48.8 Å². The fourth-order valence-electron chi connectivity index (χ4n) is 10.4. The summed E-state index contributed by atoms with van der Waals surface area (Å²) in [5.41, 5.74) is 0. The molecule has 0 aromatic heterocycles. The van der Waals surface area contributed by atoms with Gasteiger partial charge in [-0.05, 0) is 12.8 Å². The maximum Gasteiger partial charge on any atom is 0.220 e.